The van der Waals surface area contributed by atoms with E-state index in [1.807, 2.05) is 18.2 Å². The summed E-state index contributed by atoms with van der Waals surface area (Å²) in [6.07, 6.45) is 1.67. The van der Waals surface area contributed by atoms with E-state index in [0.29, 0.717) is 30.0 Å². The Kier molecular flexibility index (Phi) is 5.04. The van der Waals surface area contributed by atoms with Crippen LogP contribution in [-0.4, -0.2) is 43.2 Å². The number of nitrogens with zero attached hydrogens (tertiary/aromatic N) is 2. The lowest BCUT2D eigenvalue weighted by atomic mass is 10.1. The van der Waals surface area contributed by atoms with Gasteiger partial charge in [0.05, 0.1) is 17.0 Å². The molecule has 1 amide bonds. The van der Waals surface area contributed by atoms with Crippen LogP contribution in [0.15, 0.2) is 78.0 Å². The van der Waals surface area contributed by atoms with Crippen molar-refractivity contribution in [1.29, 1.82) is 0 Å². The molecule has 1 fully saturated rings. The molecule has 3 aromatic rings. The molecule has 0 atom stereocenters. The molecular weight excluding hydrogens is 388 g/mol. The minimum absolute atomic E-state index is 0.130. The van der Waals surface area contributed by atoms with E-state index in [1.165, 1.54) is 16.4 Å². The van der Waals surface area contributed by atoms with Gasteiger partial charge in [-0.25, -0.2) is 8.42 Å². The highest BCUT2D eigenvalue weighted by Gasteiger charge is 2.27. The molecule has 2 aromatic carbocycles. The number of carbonyl (C=O) groups is 1. The van der Waals surface area contributed by atoms with Crippen molar-refractivity contribution in [1.82, 2.24) is 14.6 Å². The van der Waals surface area contributed by atoms with E-state index in [-0.39, 0.29) is 17.3 Å². The number of carbonyl (C=O) groups excluding carboxylic acids is 1. The molecule has 4 rings (SSSR count). The van der Waals surface area contributed by atoms with E-state index in [4.69, 9.17) is 0 Å². The summed E-state index contributed by atoms with van der Waals surface area (Å²) in [6.45, 7) is 4.91. The van der Waals surface area contributed by atoms with Crippen molar-refractivity contribution in [2.24, 2.45) is 0 Å². The average Bonchev–Trinajstić information content (AvgIpc) is 2.73. The number of hydrogen-bond acceptors (Lipinski definition) is 5. The first-order valence-electron chi connectivity index (χ1n) is 9.11. The van der Waals surface area contributed by atoms with Gasteiger partial charge in [0.15, 0.2) is 0 Å². The number of anilines is 1. The third-order valence-electron chi connectivity index (χ3n) is 4.70. The number of benzene rings is 2. The van der Waals surface area contributed by atoms with Gasteiger partial charge in [-0.2, -0.15) is 4.31 Å². The minimum Gasteiger partial charge on any atom is -0.386 e. The second kappa shape index (κ2) is 7.65. The summed E-state index contributed by atoms with van der Waals surface area (Å²) >= 11 is 0. The van der Waals surface area contributed by atoms with E-state index >= 15 is 0 Å². The van der Waals surface area contributed by atoms with E-state index < -0.39 is 10.0 Å². The molecule has 1 aromatic heterocycles. The molecule has 1 saturated heterocycles. The zero-order valence-corrected chi connectivity index (χ0v) is 16.4. The predicted octanol–water partition coefficient (Wildman–Crippen LogP) is 2.59. The molecule has 1 aliphatic rings. The summed E-state index contributed by atoms with van der Waals surface area (Å²) in [6, 6.07) is 15.3. The largest absolute Gasteiger partial charge is 0.386 e. The first kappa shape index (κ1) is 19.1. The van der Waals surface area contributed by atoms with Crippen LogP contribution in [0.25, 0.3) is 10.9 Å². The number of pyridine rings is 1. The van der Waals surface area contributed by atoms with E-state index in [1.54, 1.807) is 30.5 Å². The lowest BCUT2D eigenvalue weighted by molar-refractivity contribution is 0.102. The number of sulfonamides is 1. The van der Waals surface area contributed by atoms with Gasteiger partial charge in [0.1, 0.15) is 0 Å². The van der Waals surface area contributed by atoms with Gasteiger partial charge in [-0.05, 0) is 36.4 Å². The smallest absolute Gasteiger partial charge is 0.255 e. The summed E-state index contributed by atoms with van der Waals surface area (Å²) in [5.41, 5.74) is 2.23. The Labute approximate surface area is 169 Å². The summed E-state index contributed by atoms with van der Waals surface area (Å²) in [7, 11) is -3.68. The average molecular weight is 408 g/mol. The van der Waals surface area contributed by atoms with Gasteiger partial charge < -0.3 is 10.6 Å². The Morgan fingerprint density at radius 3 is 2.83 bits per heavy atom. The van der Waals surface area contributed by atoms with Gasteiger partial charge in [0.25, 0.3) is 5.91 Å². The van der Waals surface area contributed by atoms with E-state index in [9.17, 15) is 13.2 Å². The molecule has 2 N–H and O–H groups in total. The molecular formula is C21H20N4O3S. The van der Waals surface area contributed by atoms with Gasteiger partial charge in [-0.15, -0.1) is 0 Å². The van der Waals surface area contributed by atoms with Gasteiger partial charge in [0.2, 0.25) is 10.0 Å². The molecule has 0 radical (unpaired) electrons. The molecule has 0 bridgehead atoms. The quantitative estimate of drug-likeness (QED) is 0.692. The standard InChI is InChI=1S/C21H20N4O3S/c1-15-14-25(11-10-22-15)29(27,28)19-6-2-5-18(13-19)24-21(26)17-8-7-16-4-3-9-23-20(16)12-17/h2-9,12-13,22H,1,10-11,14H2,(H,24,26). The Morgan fingerprint density at radius 2 is 2.00 bits per heavy atom. The first-order chi connectivity index (χ1) is 13.9. The van der Waals surface area contributed by atoms with Crippen LogP contribution in [0.4, 0.5) is 5.69 Å². The minimum atomic E-state index is -3.68. The summed E-state index contributed by atoms with van der Waals surface area (Å²) in [4.78, 5) is 17.0. The SMILES string of the molecule is C=C1CN(S(=O)(=O)c2cccc(NC(=O)c3ccc4cccnc4c3)c2)CCN1. The molecule has 0 saturated carbocycles. The van der Waals surface area contributed by atoms with Crippen molar-refractivity contribution < 1.29 is 13.2 Å². The monoisotopic (exact) mass is 408 g/mol. The second-order valence-corrected chi connectivity index (χ2v) is 8.70. The number of aromatic nitrogens is 1. The summed E-state index contributed by atoms with van der Waals surface area (Å²) in [5, 5.41) is 6.75. The Bertz CT molecular complexity index is 1210. The van der Waals surface area contributed by atoms with Crippen LogP contribution in [0.5, 0.6) is 0 Å². The number of fused-ring (bicyclic) bond motifs is 1. The Hall–Kier alpha value is -3.23. The van der Waals surface area contributed by atoms with Gasteiger partial charge in [0, 0.05) is 41.6 Å². The zero-order chi connectivity index (χ0) is 20.4. The normalized spacial score (nSPS) is 15.1. The molecule has 1 aliphatic heterocycles. The van der Waals surface area contributed by atoms with E-state index in [2.05, 4.69) is 22.2 Å². The maximum Gasteiger partial charge on any atom is 0.255 e. The lowest BCUT2D eigenvalue weighted by Crippen LogP contribution is -2.44. The third kappa shape index (κ3) is 3.98. The van der Waals surface area contributed by atoms with Crippen LogP contribution >= 0.6 is 0 Å². The molecule has 0 spiro atoms. The van der Waals surface area contributed by atoms with Crippen LogP contribution in [0.2, 0.25) is 0 Å². The van der Waals surface area contributed by atoms with Gasteiger partial charge in [-0.1, -0.05) is 24.8 Å². The second-order valence-electron chi connectivity index (χ2n) is 6.76. The summed E-state index contributed by atoms with van der Waals surface area (Å²) < 4.78 is 27.2. The molecule has 0 aliphatic carbocycles. The number of amides is 1. The van der Waals surface area contributed by atoms with Crippen molar-refractivity contribution in [3.05, 3.63) is 78.6 Å². The van der Waals surface area contributed by atoms with Crippen molar-refractivity contribution in [2.45, 2.75) is 4.90 Å². The van der Waals surface area contributed by atoms with Crippen LogP contribution < -0.4 is 10.6 Å². The van der Waals surface area contributed by atoms with Crippen molar-refractivity contribution in [3.63, 3.8) is 0 Å². The van der Waals surface area contributed by atoms with Crippen molar-refractivity contribution in [3.8, 4) is 0 Å². The van der Waals surface area contributed by atoms with Crippen molar-refractivity contribution in [2.75, 3.05) is 25.0 Å². The molecule has 2 heterocycles. The van der Waals surface area contributed by atoms with Gasteiger partial charge in [-0.3, -0.25) is 9.78 Å². The van der Waals surface area contributed by atoms with Crippen LogP contribution in [0.3, 0.4) is 0 Å². The number of nitrogens with one attached hydrogen (secondary N) is 2. The van der Waals surface area contributed by atoms with Crippen LogP contribution in [-0.2, 0) is 10.0 Å². The van der Waals surface area contributed by atoms with Crippen molar-refractivity contribution >= 4 is 32.5 Å². The highest BCUT2D eigenvalue weighted by molar-refractivity contribution is 7.89. The molecule has 0 unspecified atom stereocenters. The van der Waals surface area contributed by atoms with Crippen LogP contribution in [0.1, 0.15) is 10.4 Å². The maximum atomic E-state index is 12.9. The maximum absolute atomic E-state index is 12.9. The molecule has 8 heteroatoms. The molecule has 148 valence electrons. The Morgan fingerprint density at radius 1 is 1.14 bits per heavy atom. The van der Waals surface area contributed by atoms with Gasteiger partial charge >= 0.3 is 0 Å². The predicted molar refractivity (Wildman–Crippen MR) is 112 cm³/mol. The topological polar surface area (TPSA) is 91.4 Å². The highest BCUT2D eigenvalue weighted by atomic mass is 32.2. The van der Waals surface area contributed by atoms with E-state index in [0.717, 1.165) is 10.9 Å². The number of hydrogen-bond donors (Lipinski definition) is 2. The fourth-order valence-corrected chi connectivity index (χ4v) is 4.69. The highest BCUT2D eigenvalue weighted by Crippen LogP contribution is 2.22. The third-order valence-corrected chi connectivity index (χ3v) is 6.54. The first-order valence-corrected chi connectivity index (χ1v) is 10.6. The lowest BCUT2D eigenvalue weighted by Gasteiger charge is -2.28. The van der Waals surface area contributed by atoms with Crippen LogP contribution in [0, 0.1) is 0 Å². The fourth-order valence-electron chi connectivity index (χ4n) is 3.20. The number of rotatable bonds is 4. The number of piperazine rings is 1. The Balaban J connectivity index is 1.56. The molecule has 7 nitrogen and oxygen atoms in total. The zero-order valence-electron chi connectivity index (χ0n) is 15.6. The summed E-state index contributed by atoms with van der Waals surface area (Å²) in [5.74, 6) is -0.331. The molecule has 29 heavy (non-hydrogen) atoms. The fraction of sp³-hybridized carbons (Fsp3) is 0.143.